The van der Waals surface area contributed by atoms with Crippen molar-refractivity contribution in [3.63, 3.8) is 0 Å². The number of aliphatic carboxylic acids is 1. The van der Waals surface area contributed by atoms with Crippen molar-refractivity contribution in [2.75, 3.05) is 6.61 Å². The Labute approximate surface area is 131 Å². The zero-order chi connectivity index (χ0) is 16.4. The lowest BCUT2D eigenvalue weighted by atomic mass is 10.00. The van der Waals surface area contributed by atoms with Gasteiger partial charge in [-0.2, -0.15) is 0 Å². The van der Waals surface area contributed by atoms with Gasteiger partial charge in [-0.05, 0) is 30.2 Å². The van der Waals surface area contributed by atoms with Gasteiger partial charge in [-0.1, -0.05) is 30.3 Å². The molecule has 23 heavy (non-hydrogen) atoms. The Morgan fingerprint density at radius 2 is 1.91 bits per heavy atom. The minimum atomic E-state index is -1.07. The monoisotopic (exact) mass is 310 g/mol. The molecule has 1 N–H and O–H groups in total. The van der Waals surface area contributed by atoms with Crippen LogP contribution in [0.3, 0.4) is 0 Å². The molecule has 0 bridgehead atoms. The predicted octanol–water partition coefficient (Wildman–Crippen LogP) is 3.23. The fraction of sp³-hybridized carbons (Fsp3) is 0.111. The van der Waals surface area contributed by atoms with E-state index in [1.54, 1.807) is 12.1 Å². The van der Waals surface area contributed by atoms with Gasteiger partial charge in [0.15, 0.2) is 6.61 Å². The minimum Gasteiger partial charge on any atom is -0.482 e. The summed E-state index contributed by atoms with van der Waals surface area (Å²) in [7, 11) is 0. The number of ether oxygens (including phenoxy) is 1. The quantitative estimate of drug-likeness (QED) is 0.749. The number of carboxylic acids is 1. The van der Waals surface area contributed by atoms with Gasteiger partial charge in [-0.25, -0.2) is 9.59 Å². The molecule has 0 aliphatic rings. The maximum atomic E-state index is 12.3. The lowest BCUT2D eigenvalue weighted by molar-refractivity contribution is -0.139. The Balaban J connectivity index is 2.12. The highest BCUT2D eigenvalue weighted by Crippen LogP contribution is 2.28. The van der Waals surface area contributed by atoms with Crippen LogP contribution in [-0.2, 0) is 4.79 Å². The van der Waals surface area contributed by atoms with Crippen molar-refractivity contribution in [2.45, 2.75) is 6.92 Å². The molecule has 0 saturated heterocycles. The van der Waals surface area contributed by atoms with E-state index in [9.17, 15) is 9.59 Å². The van der Waals surface area contributed by atoms with Gasteiger partial charge >= 0.3 is 11.6 Å². The highest BCUT2D eigenvalue weighted by atomic mass is 16.5. The van der Waals surface area contributed by atoms with Crippen molar-refractivity contribution in [1.29, 1.82) is 0 Å². The second-order valence-corrected chi connectivity index (χ2v) is 5.10. The van der Waals surface area contributed by atoms with Crippen molar-refractivity contribution in [3.8, 4) is 16.9 Å². The summed E-state index contributed by atoms with van der Waals surface area (Å²) in [6.07, 6.45) is 0. The van der Waals surface area contributed by atoms with Crippen LogP contribution in [0.2, 0.25) is 0 Å². The summed E-state index contributed by atoms with van der Waals surface area (Å²) in [5.41, 5.74) is 2.07. The first-order valence-electron chi connectivity index (χ1n) is 7.04. The van der Waals surface area contributed by atoms with E-state index in [1.165, 1.54) is 6.07 Å². The summed E-state index contributed by atoms with van der Waals surface area (Å²) >= 11 is 0. The molecule has 0 saturated carbocycles. The molecule has 5 heteroatoms. The van der Waals surface area contributed by atoms with Crippen LogP contribution < -0.4 is 10.4 Å². The van der Waals surface area contributed by atoms with E-state index in [-0.39, 0.29) is 0 Å². The molecule has 116 valence electrons. The van der Waals surface area contributed by atoms with Gasteiger partial charge < -0.3 is 14.3 Å². The van der Waals surface area contributed by atoms with Gasteiger partial charge in [0.25, 0.3) is 0 Å². The summed E-state index contributed by atoms with van der Waals surface area (Å²) in [6, 6.07) is 14.3. The Kier molecular flexibility index (Phi) is 3.85. The SMILES string of the molecule is Cc1c(-c2ccccc2)c(=O)oc2cc(OCC(=O)O)ccc12. The highest BCUT2D eigenvalue weighted by molar-refractivity contribution is 5.87. The zero-order valence-corrected chi connectivity index (χ0v) is 12.4. The summed E-state index contributed by atoms with van der Waals surface area (Å²) < 4.78 is 10.5. The van der Waals surface area contributed by atoms with Crippen molar-refractivity contribution in [2.24, 2.45) is 0 Å². The molecule has 1 aromatic heterocycles. The van der Waals surface area contributed by atoms with E-state index in [0.717, 1.165) is 16.5 Å². The molecule has 3 rings (SSSR count). The van der Waals surface area contributed by atoms with E-state index in [2.05, 4.69) is 0 Å². The summed E-state index contributed by atoms with van der Waals surface area (Å²) in [6.45, 7) is 1.41. The van der Waals surface area contributed by atoms with Gasteiger partial charge in [0, 0.05) is 11.5 Å². The van der Waals surface area contributed by atoms with Gasteiger partial charge in [0.1, 0.15) is 11.3 Å². The number of hydrogen-bond donors (Lipinski definition) is 1. The van der Waals surface area contributed by atoms with Crippen LogP contribution in [0.4, 0.5) is 0 Å². The Morgan fingerprint density at radius 1 is 1.17 bits per heavy atom. The van der Waals surface area contributed by atoms with Crippen LogP contribution in [0, 0.1) is 6.92 Å². The van der Waals surface area contributed by atoms with Gasteiger partial charge in [-0.15, -0.1) is 0 Å². The smallest absolute Gasteiger partial charge is 0.344 e. The Morgan fingerprint density at radius 3 is 2.61 bits per heavy atom. The molecule has 1 heterocycles. The fourth-order valence-electron chi connectivity index (χ4n) is 2.51. The van der Waals surface area contributed by atoms with Crippen molar-refractivity contribution in [3.05, 3.63) is 64.5 Å². The van der Waals surface area contributed by atoms with Crippen molar-refractivity contribution < 1.29 is 19.1 Å². The lowest BCUT2D eigenvalue weighted by Gasteiger charge is -2.09. The molecule has 0 spiro atoms. The van der Waals surface area contributed by atoms with E-state index >= 15 is 0 Å². The molecule has 5 nitrogen and oxygen atoms in total. The number of benzene rings is 2. The highest BCUT2D eigenvalue weighted by Gasteiger charge is 2.13. The van der Waals surface area contributed by atoms with Crippen molar-refractivity contribution in [1.82, 2.24) is 0 Å². The third-order valence-corrected chi connectivity index (χ3v) is 3.56. The Bertz CT molecular complexity index is 925. The van der Waals surface area contributed by atoms with Gasteiger partial charge in [-0.3, -0.25) is 0 Å². The second kappa shape index (κ2) is 5.96. The molecule has 2 aromatic carbocycles. The van der Waals surface area contributed by atoms with Crippen LogP contribution in [0.1, 0.15) is 5.56 Å². The van der Waals surface area contributed by atoms with Crippen LogP contribution in [0.15, 0.2) is 57.7 Å². The zero-order valence-electron chi connectivity index (χ0n) is 12.4. The summed E-state index contributed by atoms with van der Waals surface area (Å²) in [5, 5.41) is 9.42. The van der Waals surface area contributed by atoms with E-state index in [1.807, 2.05) is 37.3 Å². The molecule has 3 aromatic rings. The maximum absolute atomic E-state index is 12.3. The second-order valence-electron chi connectivity index (χ2n) is 5.10. The number of carboxylic acid groups (broad SMARTS) is 1. The van der Waals surface area contributed by atoms with E-state index in [0.29, 0.717) is 16.9 Å². The maximum Gasteiger partial charge on any atom is 0.344 e. The van der Waals surface area contributed by atoms with Gasteiger partial charge in [0.2, 0.25) is 0 Å². The molecule has 0 amide bonds. The largest absolute Gasteiger partial charge is 0.482 e. The normalized spacial score (nSPS) is 10.7. The first kappa shape index (κ1) is 14.8. The standard InChI is InChI=1S/C18H14O5/c1-11-14-8-7-13(22-10-16(19)20)9-15(14)23-18(21)17(11)12-5-3-2-4-6-12/h2-9H,10H2,1H3,(H,19,20). The van der Waals surface area contributed by atoms with Gasteiger partial charge in [0.05, 0.1) is 5.56 Å². The summed E-state index contributed by atoms with van der Waals surface area (Å²) in [5.74, 6) is -0.725. The molecular weight excluding hydrogens is 296 g/mol. The fourth-order valence-corrected chi connectivity index (χ4v) is 2.51. The van der Waals surface area contributed by atoms with E-state index in [4.69, 9.17) is 14.3 Å². The first-order chi connectivity index (χ1) is 11.1. The van der Waals surface area contributed by atoms with E-state index < -0.39 is 18.2 Å². The van der Waals surface area contributed by atoms with Crippen LogP contribution in [0.5, 0.6) is 5.75 Å². The number of hydrogen-bond acceptors (Lipinski definition) is 4. The lowest BCUT2D eigenvalue weighted by Crippen LogP contribution is -2.09. The number of rotatable bonds is 4. The van der Waals surface area contributed by atoms with Crippen LogP contribution in [0.25, 0.3) is 22.1 Å². The molecule has 0 fully saturated rings. The molecule has 0 atom stereocenters. The van der Waals surface area contributed by atoms with Crippen LogP contribution >= 0.6 is 0 Å². The molecule has 0 aliphatic heterocycles. The topological polar surface area (TPSA) is 76.7 Å². The molecule has 0 radical (unpaired) electrons. The minimum absolute atomic E-state index is 0.343. The summed E-state index contributed by atoms with van der Waals surface area (Å²) in [4.78, 5) is 22.9. The Hall–Kier alpha value is -3.08. The predicted molar refractivity (Wildman–Crippen MR) is 85.8 cm³/mol. The average Bonchev–Trinajstić information content (AvgIpc) is 2.53. The molecule has 0 aliphatic carbocycles. The number of aryl methyl sites for hydroxylation is 1. The van der Waals surface area contributed by atoms with Crippen molar-refractivity contribution >= 4 is 16.9 Å². The third kappa shape index (κ3) is 2.94. The average molecular weight is 310 g/mol. The molecular formula is C18H14O5. The third-order valence-electron chi connectivity index (χ3n) is 3.56. The van der Waals surface area contributed by atoms with Crippen LogP contribution in [-0.4, -0.2) is 17.7 Å². The number of carbonyl (C=O) groups is 1. The molecule has 0 unspecified atom stereocenters. The number of fused-ring (bicyclic) bond motifs is 1. The first-order valence-corrected chi connectivity index (χ1v) is 7.04.